The van der Waals surface area contributed by atoms with Crippen molar-refractivity contribution in [3.63, 3.8) is 0 Å². The van der Waals surface area contributed by atoms with Crippen LogP contribution in [0.4, 0.5) is 5.82 Å². The molecule has 2 rings (SSSR count). The molecule has 114 valence electrons. The van der Waals surface area contributed by atoms with Crippen molar-refractivity contribution >= 4 is 46.7 Å². The van der Waals surface area contributed by atoms with Crippen molar-refractivity contribution in [2.24, 2.45) is 5.73 Å². The smallest absolute Gasteiger partial charge is 0.242 e. The molecule has 1 aromatic heterocycles. The number of carbonyl (C=O) groups is 1. The molecule has 1 heterocycles. The summed E-state index contributed by atoms with van der Waals surface area (Å²) in [5.74, 6) is 0.294. The standard InChI is InChI=1S/C14H17IN4O.ClH/c1-2-3-11(16)14(20)17-13-8-12(18-19-13)9-4-6-10(15)7-5-9;/h4-8,11H,2-3,16H2,1H3,(H2,17,18,19,20);1H. The third kappa shape index (κ3) is 4.98. The number of aromatic amines is 1. The van der Waals surface area contributed by atoms with Crippen molar-refractivity contribution in [1.29, 1.82) is 0 Å². The van der Waals surface area contributed by atoms with Crippen LogP contribution >= 0.6 is 35.0 Å². The second-order valence-electron chi connectivity index (χ2n) is 4.56. The minimum Gasteiger partial charge on any atom is -0.320 e. The van der Waals surface area contributed by atoms with Crippen LogP contribution < -0.4 is 11.1 Å². The molecule has 21 heavy (non-hydrogen) atoms. The Morgan fingerprint density at radius 1 is 1.43 bits per heavy atom. The summed E-state index contributed by atoms with van der Waals surface area (Å²) >= 11 is 2.26. The maximum absolute atomic E-state index is 11.8. The molecule has 1 aromatic carbocycles. The minimum absolute atomic E-state index is 0. The third-order valence-electron chi connectivity index (χ3n) is 2.92. The van der Waals surface area contributed by atoms with Gasteiger partial charge in [0.05, 0.1) is 11.7 Å². The summed E-state index contributed by atoms with van der Waals surface area (Å²) in [5.41, 5.74) is 7.65. The van der Waals surface area contributed by atoms with E-state index >= 15 is 0 Å². The first-order chi connectivity index (χ1) is 9.60. The lowest BCUT2D eigenvalue weighted by molar-refractivity contribution is -0.117. The summed E-state index contributed by atoms with van der Waals surface area (Å²) in [6.45, 7) is 2.00. The highest BCUT2D eigenvalue weighted by Gasteiger charge is 2.14. The van der Waals surface area contributed by atoms with Gasteiger partial charge in [-0.05, 0) is 46.7 Å². The molecule has 5 nitrogen and oxygen atoms in total. The van der Waals surface area contributed by atoms with Crippen LogP contribution in [-0.2, 0) is 4.79 Å². The largest absolute Gasteiger partial charge is 0.320 e. The number of rotatable bonds is 5. The van der Waals surface area contributed by atoms with Crippen molar-refractivity contribution in [2.45, 2.75) is 25.8 Å². The number of hydrogen-bond acceptors (Lipinski definition) is 3. The first kappa shape index (κ1) is 17.9. The van der Waals surface area contributed by atoms with E-state index in [0.717, 1.165) is 17.7 Å². The number of halogens is 2. The molecule has 1 unspecified atom stereocenters. The molecule has 0 aliphatic rings. The molecule has 1 atom stereocenters. The molecule has 0 saturated carbocycles. The van der Waals surface area contributed by atoms with Crippen LogP contribution in [0.5, 0.6) is 0 Å². The molecule has 0 bridgehead atoms. The van der Waals surface area contributed by atoms with E-state index in [-0.39, 0.29) is 18.3 Å². The van der Waals surface area contributed by atoms with Crippen LogP contribution in [0.15, 0.2) is 30.3 Å². The molecule has 1 amide bonds. The van der Waals surface area contributed by atoms with E-state index in [1.807, 2.05) is 31.2 Å². The van der Waals surface area contributed by atoms with Crippen LogP contribution in [0.1, 0.15) is 19.8 Å². The van der Waals surface area contributed by atoms with Gasteiger partial charge in [-0.15, -0.1) is 12.4 Å². The fourth-order valence-electron chi connectivity index (χ4n) is 1.82. The van der Waals surface area contributed by atoms with Crippen LogP contribution in [-0.4, -0.2) is 22.1 Å². The van der Waals surface area contributed by atoms with Crippen molar-refractivity contribution in [3.05, 3.63) is 33.9 Å². The number of anilines is 1. The quantitative estimate of drug-likeness (QED) is 0.650. The maximum atomic E-state index is 11.8. The van der Waals surface area contributed by atoms with E-state index in [4.69, 9.17) is 5.73 Å². The average Bonchev–Trinajstić information content (AvgIpc) is 2.88. The summed E-state index contributed by atoms with van der Waals surface area (Å²) in [6.07, 6.45) is 1.54. The van der Waals surface area contributed by atoms with Gasteiger partial charge in [0.25, 0.3) is 0 Å². The van der Waals surface area contributed by atoms with E-state index < -0.39 is 6.04 Å². The Labute approximate surface area is 143 Å². The van der Waals surface area contributed by atoms with Crippen LogP contribution in [0.2, 0.25) is 0 Å². The third-order valence-corrected chi connectivity index (χ3v) is 3.64. The van der Waals surface area contributed by atoms with Gasteiger partial charge in [0, 0.05) is 9.64 Å². The van der Waals surface area contributed by atoms with Gasteiger partial charge >= 0.3 is 0 Å². The summed E-state index contributed by atoms with van der Waals surface area (Å²) < 4.78 is 1.17. The minimum atomic E-state index is -0.488. The van der Waals surface area contributed by atoms with E-state index in [1.165, 1.54) is 3.57 Å². The molecule has 0 fully saturated rings. The second kappa shape index (κ2) is 8.35. The predicted octanol–water partition coefficient (Wildman–Crippen LogP) is 3.17. The number of benzene rings is 1. The zero-order chi connectivity index (χ0) is 14.5. The van der Waals surface area contributed by atoms with Crippen molar-refractivity contribution in [2.75, 3.05) is 5.32 Å². The number of nitrogens with zero attached hydrogens (tertiary/aromatic N) is 1. The first-order valence-corrected chi connectivity index (χ1v) is 7.56. The Bertz CT molecular complexity index is 585. The predicted molar refractivity (Wildman–Crippen MR) is 95.5 cm³/mol. The molecule has 0 spiro atoms. The molecule has 7 heteroatoms. The van der Waals surface area contributed by atoms with Crippen LogP contribution in [0.3, 0.4) is 0 Å². The molecule has 0 radical (unpaired) electrons. The van der Waals surface area contributed by atoms with Crippen LogP contribution in [0, 0.1) is 3.57 Å². The lowest BCUT2D eigenvalue weighted by Crippen LogP contribution is -2.35. The lowest BCUT2D eigenvalue weighted by atomic mass is 10.1. The molecule has 2 aromatic rings. The lowest BCUT2D eigenvalue weighted by Gasteiger charge is -2.08. The van der Waals surface area contributed by atoms with Gasteiger partial charge in [-0.2, -0.15) is 5.10 Å². The monoisotopic (exact) mass is 420 g/mol. The molecule has 0 aliphatic heterocycles. The Balaban J connectivity index is 0.00000220. The number of H-pyrrole nitrogens is 1. The molecule has 4 N–H and O–H groups in total. The molecule has 0 saturated heterocycles. The second-order valence-corrected chi connectivity index (χ2v) is 5.80. The number of nitrogens with one attached hydrogen (secondary N) is 2. The van der Waals surface area contributed by atoms with Crippen molar-refractivity contribution < 1.29 is 4.79 Å². The number of carbonyl (C=O) groups excluding carboxylic acids is 1. The van der Waals surface area contributed by atoms with E-state index in [9.17, 15) is 4.79 Å². The van der Waals surface area contributed by atoms with Gasteiger partial charge < -0.3 is 11.1 Å². The van der Waals surface area contributed by atoms with Gasteiger partial charge in [-0.3, -0.25) is 9.89 Å². The van der Waals surface area contributed by atoms with Gasteiger partial charge in [0.1, 0.15) is 0 Å². The van der Waals surface area contributed by atoms with Gasteiger partial charge in [0.15, 0.2) is 5.82 Å². The highest BCUT2D eigenvalue weighted by atomic mass is 127. The summed E-state index contributed by atoms with van der Waals surface area (Å²) in [5, 5.41) is 9.71. The molecular formula is C14H18ClIN4O. The van der Waals surface area contributed by atoms with Crippen LogP contribution in [0.25, 0.3) is 11.3 Å². The van der Waals surface area contributed by atoms with Gasteiger partial charge in [-0.1, -0.05) is 25.5 Å². The fraction of sp³-hybridized carbons (Fsp3) is 0.286. The first-order valence-electron chi connectivity index (χ1n) is 6.48. The number of nitrogens with two attached hydrogens (primary N) is 1. The molecular weight excluding hydrogens is 403 g/mol. The number of hydrogen-bond donors (Lipinski definition) is 3. The Morgan fingerprint density at radius 3 is 2.71 bits per heavy atom. The highest BCUT2D eigenvalue weighted by molar-refractivity contribution is 14.1. The summed E-state index contributed by atoms with van der Waals surface area (Å²) in [4.78, 5) is 11.8. The summed E-state index contributed by atoms with van der Waals surface area (Å²) in [6, 6.07) is 9.36. The van der Waals surface area contributed by atoms with Crippen molar-refractivity contribution in [3.8, 4) is 11.3 Å². The Morgan fingerprint density at radius 2 is 2.10 bits per heavy atom. The van der Waals surface area contributed by atoms with E-state index in [1.54, 1.807) is 6.07 Å². The van der Waals surface area contributed by atoms with Gasteiger partial charge in [0.2, 0.25) is 5.91 Å². The molecule has 0 aliphatic carbocycles. The highest BCUT2D eigenvalue weighted by Crippen LogP contribution is 2.20. The average molecular weight is 421 g/mol. The fourth-order valence-corrected chi connectivity index (χ4v) is 2.18. The van der Waals surface area contributed by atoms with Crippen molar-refractivity contribution in [1.82, 2.24) is 10.2 Å². The zero-order valence-corrected chi connectivity index (χ0v) is 14.6. The van der Waals surface area contributed by atoms with E-state index in [0.29, 0.717) is 12.2 Å². The number of amides is 1. The Kier molecular flexibility index (Phi) is 7.13. The SMILES string of the molecule is CCCC(N)C(=O)Nc1cc(-c2ccc(I)cc2)[nH]n1.Cl. The topological polar surface area (TPSA) is 83.8 Å². The number of aromatic nitrogens is 2. The Hall–Kier alpha value is -1.12. The van der Waals surface area contributed by atoms with Gasteiger partial charge in [-0.25, -0.2) is 0 Å². The summed E-state index contributed by atoms with van der Waals surface area (Å²) in [7, 11) is 0. The maximum Gasteiger partial charge on any atom is 0.242 e. The normalized spacial score (nSPS) is 11.6. The zero-order valence-electron chi connectivity index (χ0n) is 11.6. The van der Waals surface area contributed by atoms with E-state index in [2.05, 4.69) is 38.1 Å².